The highest BCUT2D eigenvalue weighted by atomic mass is 32.2. The molecule has 0 spiro atoms. The maximum Gasteiger partial charge on any atom is 0.266 e. The average molecular weight is 362 g/mol. The van der Waals surface area contributed by atoms with Gasteiger partial charge in [-0.05, 0) is 30.7 Å². The molecule has 130 valence electrons. The molecular weight excluding hydrogens is 348 g/mol. The molecule has 0 saturated heterocycles. The SMILES string of the molecule is CC[C@H]1Oc2ccc(S(=O)(=O)NC(=O)c3ccnnc3)cc2NC1=O. The summed E-state index contributed by atoms with van der Waals surface area (Å²) < 4.78 is 32.2. The molecule has 0 saturated carbocycles. The number of benzene rings is 1. The summed E-state index contributed by atoms with van der Waals surface area (Å²) in [7, 11) is -4.13. The van der Waals surface area contributed by atoms with Crippen LogP contribution >= 0.6 is 0 Å². The minimum absolute atomic E-state index is 0.0546. The van der Waals surface area contributed by atoms with Crippen LogP contribution in [0.25, 0.3) is 0 Å². The van der Waals surface area contributed by atoms with E-state index in [4.69, 9.17) is 4.74 Å². The van der Waals surface area contributed by atoms with Crippen molar-refractivity contribution in [3.8, 4) is 5.75 Å². The van der Waals surface area contributed by atoms with E-state index in [1.165, 1.54) is 30.5 Å². The lowest BCUT2D eigenvalue weighted by atomic mass is 10.2. The van der Waals surface area contributed by atoms with E-state index in [2.05, 4.69) is 15.5 Å². The number of ether oxygens (including phenoxy) is 1. The first-order valence-corrected chi connectivity index (χ1v) is 8.84. The fraction of sp³-hybridized carbons (Fsp3) is 0.200. The maximum absolute atomic E-state index is 12.4. The zero-order valence-electron chi connectivity index (χ0n) is 13.1. The molecule has 1 atom stereocenters. The van der Waals surface area contributed by atoms with Crippen molar-refractivity contribution in [1.82, 2.24) is 14.9 Å². The van der Waals surface area contributed by atoms with Gasteiger partial charge in [-0.25, -0.2) is 13.1 Å². The Morgan fingerprint density at radius 2 is 2.12 bits per heavy atom. The van der Waals surface area contributed by atoms with Crippen molar-refractivity contribution in [2.24, 2.45) is 0 Å². The van der Waals surface area contributed by atoms with Crippen LogP contribution in [0.5, 0.6) is 5.75 Å². The summed E-state index contributed by atoms with van der Waals surface area (Å²) in [5.41, 5.74) is 0.287. The minimum atomic E-state index is -4.13. The lowest BCUT2D eigenvalue weighted by molar-refractivity contribution is -0.123. The number of anilines is 1. The Morgan fingerprint density at radius 1 is 1.32 bits per heavy atom. The largest absolute Gasteiger partial charge is 0.478 e. The van der Waals surface area contributed by atoms with Crippen LogP contribution in [0.1, 0.15) is 23.7 Å². The smallest absolute Gasteiger partial charge is 0.266 e. The number of hydrogen-bond acceptors (Lipinski definition) is 7. The third kappa shape index (κ3) is 3.43. The Balaban J connectivity index is 1.85. The summed E-state index contributed by atoms with van der Waals surface area (Å²) in [6, 6.07) is 5.30. The molecule has 9 nitrogen and oxygen atoms in total. The standard InChI is InChI=1S/C15H14N4O5S/c1-2-12-15(21)18-11-7-10(3-4-13(11)24-12)25(22,23)19-14(20)9-5-6-16-17-8-9/h3-8,12H,2H2,1H3,(H,18,21)(H,19,20)/t12-/m1/s1. The number of amides is 2. The van der Waals surface area contributed by atoms with Gasteiger partial charge in [-0.15, -0.1) is 0 Å². The number of rotatable bonds is 4. The summed E-state index contributed by atoms with van der Waals surface area (Å²) >= 11 is 0. The highest BCUT2D eigenvalue weighted by Gasteiger charge is 2.28. The van der Waals surface area contributed by atoms with E-state index < -0.39 is 22.0 Å². The molecule has 1 aromatic heterocycles. The third-order valence-corrected chi connectivity index (χ3v) is 4.85. The summed E-state index contributed by atoms with van der Waals surface area (Å²) in [6.45, 7) is 1.80. The number of carbonyl (C=O) groups is 2. The average Bonchev–Trinajstić information content (AvgIpc) is 2.61. The molecular formula is C15H14N4O5S. The first-order valence-electron chi connectivity index (χ1n) is 7.36. The van der Waals surface area contributed by atoms with E-state index in [0.29, 0.717) is 12.2 Å². The molecule has 0 aliphatic carbocycles. The summed E-state index contributed by atoms with van der Waals surface area (Å²) in [5.74, 6) is -0.814. The van der Waals surface area contributed by atoms with Gasteiger partial charge in [0.2, 0.25) is 0 Å². The van der Waals surface area contributed by atoms with Crippen molar-refractivity contribution >= 4 is 27.5 Å². The van der Waals surface area contributed by atoms with Gasteiger partial charge in [-0.3, -0.25) is 9.59 Å². The number of nitrogens with zero attached hydrogens (tertiary/aromatic N) is 2. The van der Waals surface area contributed by atoms with Crippen LogP contribution in [0.2, 0.25) is 0 Å². The first-order chi connectivity index (χ1) is 11.9. The lowest BCUT2D eigenvalue weighted by Crippen LogP contribution is -2.36. The predicted octanol–water partition coefficient (Wildman–Crippen LogP) is 0.705. The molecule has 2 heterocycles. The number of fused-ring (bicyclic) bond motifs is 1. The highest BCUT2D eigenvalue weighted by Crippen LogP contribution is 2.32. The van der Waals surface area contributed by atoms with Crippen molar-refractivity contribution in [3.05, 3.63) is 42.2 Å². The molecule has 0 bridgehead atoms. The zero-order valence-corrected chi connectivity index (χ0v) is 13.9. The Labute approximate surface area is 143 Å². The van der Waals surface area contributed by atoms with Gasteiger partial charge < -0.3 is 10.1 Å². The van der Waals surface area contributed by atoms with Crippen LogP contribution in [0.15, 0.2) is 41.6 Å². The second-order valence-electron chi connectivity index (χ2n) is 5.23. The molecule has 0 unspecified atom stereocenters. The molecule has 3 rings (SSSR count). The van der Waals surface area contributed by atoms with E-state index in [1.54, 1.807) is 6.92 Å². The van der Waals surface area contributed by atoms with E-state index in [-0.39, 0.29) is 22.1 Å². The van der Waals surface area contributed by atoms with E-state index >= 15 is 0 Å². The Bertz CT molecular complexity index is 930. The Kier molecular flexibility index (Phi) is 4.36. The van der Waals surface area contributed by atoms with Crippen molar-refractivity contribution in [2.45, 2.75) is 24.3 Å². The maximum atomic E-state index is 12.4. The number of aromatic nitrogens is 2. The number of hydrogen-bond donors (Lipinski definition) is 2. The van der Waals surface area contributed by atoms with Gasteiger partial charge in [0.05, 0.1) is 28.5 Å². The summed E-state index contributed by atoms with van der Waals surface area (Å²) in [4.78, 5) is 23.7. The summed E-state index contributed by atoms with van der Waals surface area (Å²) in [6.07, 6.45) is 2.30. The molecule has 25 heavy (non-hydrogen) atoms. The lowest BCUT2D eigenvalue weighted by Gasteiger charge is -2.25. The van der Waals surface area contributed by atoms with Crippen LogP contribution in [-0.4, -0.2) is 36.5 Å². The first kappa shape index (κ1) is 16.8. The molecule has 1 aromatic carbocycles. The molecule has 0 radical (unpaired) electrons. The monoisotopic (exact) mass is 362 g/mol. The van der Waals surface area contributed by atoms with Gasteiger partial charge in [0.15, 0.2) is 6.10 Å². The molecule has 2 amide bonds. The van der Waals surface area contributed by atoms with Crippen LogP contribution in [-0.2, 0) is 14.8 Å². The molecule has 2 N–H and O–H groups in total. The third-order valence-electron chi connectivity index (χ3n) is 3.53. The second kappa shape index (κ2) is 6.48. The van der Waals surface area contributed by atoms with Gasteiger partial charge in [-0.1, -0.05) is 6.92 Å². The van der Waals surface area contributed by atoms with E-state index in [0.717, 1.165) is 6.20 Å². The quantitative estimate of drug-likeness (QED) is 0.819. The van der Waals surface area contributed by atoms with Crippen LogP contribution in [0, 0.1) is 0 Å². The number of carbonyl (C=O) groups excluding carboxylic acids is 2. The van der Waals surface area contributed by atoms with E-state index in [1.807, 2.05) is 4.72 Å². The normalized spacial score (nSPS) is 16.4. The predicted molar refractivity (Wildman–Crippen MR) is 86.5 cm³/mol. The number of sulfonamides is 1. The highest BCUT2D eigenvalue weighted by molar-refractivity contribution is 7.90. The zero-order chi connectivity index (χ0) is 18.0. The molecule has 1 aliphatic heterocycles. The van der Waals surface area contributed by atoms with Gasteiger partial charge in [0, 0.05) is 0 Å². The van der Waals surface area contributed by atoms with Crippen molar-refractivity contribution in [3.63, 3.8) is 0 Å². The molecule has 10 heteroatoms. The van der Waals surface area contributed by atoms with Crippen molar-refractivity contribution in [1.29, 1.82) is 0 Å². The molecule has 1 aliphatic rings. The fourth-order valence-electron chi connectivity index (χ4n) is 2.23. The van der Waals surface area contributed by atoms with Crippen LogP contribution in [0.4, 0.5) is 5.69 Å². The fourth-order valence-corrected chi connectivity index (χ4v) is 3.23. The number of nitrogens with one attached hydrogen (secondary N) is 2. The van der Waals surface area contributed by atoms with Crippen molar-refractivity contribution < 1.29 is 22.7 Å². The van der Waals surface area contributed by atoms with Crippen LogP contribution in [0.3, 0.4) is 0 Å². The van der Waals surface area contributed by atoms with Gasteiger partial charge in [0.25, 0.3) is 21.8 Å². The van der Waals surface area contributed by atoms with Gasteiger partial charge in [0.1, 0.15) is 5.75 Å². The summed E-state index contributed by atoms with van der Waals surface area (Å²) in [5, 5.41) is 9.64. The van der Waals surface area contributed by atoms with Gasteiger partial charge >= 0.3 is 0 Å². The molecule has 2 aromatic rings. The molecule has 0 fully saturated rings. The Hall–Kier alpha value is -3.01. The van der Waals surface area contributed by atoms with Crippen molar-refractivity contribution in [2.75, 3.05) is 5.32 Å². The Morgan fingerprint density at radius 3 is 2.80 bits per heavy atom. The topological polar surface area (TPSA) is 127 Å². The van der Waals surface area contributed by atoms with E-state index in [9.17, 15) is 18.0 Å². The van der Waals surface area contributed by atoms with Gasteiger partial charge in [-0.2, -0.15) is 10.2 Å². The minimum Gasteiger partial charge on any atom is -0.478 e. The second-order valence-corrected chi connectivity index (χ2v) is 6.91. The van der Waals surface area contributed by atoms with Crippen LogP contribution < -0.4 is 14.8 Å².